The number of carbonyl (C=O) groups excluding carboxylic acids is 1. The molecule has 0 heterocycles. The molecule has 0 bridgehead atoms. The second-order valence-electron chi connectivity index (χ2n) is 7.00. The zero-order valence-corrected chi connectivity index (χ0v) is 15.9. The summed E-state index contributed by atoms with van der Waals surface area (Å²) < 4.78 is 0. The molecular formula is C20H38O5. The van der Waals surface area contributed by atoms with Crippen LogP contribution in [0.3, 0.4) is 0 Å². The van der Waals surface area contributed by atoms with E-state index in [1.54, 1.807) is 0 Å². The Labute approximate surface area is 152 Å². The molecule has 0 rings (SSSR count). The quantitative estimate of drug-likeness (QED) is 0.253. The molecule has 0 radical (unpaired) electrons. The average molecular weight is 359 g/mol. The number of hydrogen-bond acceptors (Lipinski definition) is 4. The molecule has 0 aromatic heterocycles. The Morgan fingerprint density at radius 1 is 0.800 bits per heavy atom. The van der Waals surface area contributed by atoms with E-state index in [-0.39, 0.29) is 18.8 Å². The molecule has 0 saturated heterocycles. The molecule has 2 unspecified atom stereocenters. The van der Waals surface area contributed by atoms with Gasteiger partial charge in [0.25, 0.3) is 0 Å². The van der Waals surface area contributed by atoms with E-state index in [0.717, 1.165) is 44.9 Å². The van der Waals surface area contributed by atoms with Crippen LogP contribution in [0.4, 0.5) is 0 Å². The first-order chi connectivity index (χ1) is 12.0. The number of aliphatic hydroxyl groups excluding tert-OH is 2. The van der Waals surface area contributed by atoms with E-state index in [0.29, 0.717) is 12.8 Å². The standard InChI is InChI=1S/C20H38O5/c1-2-3-4-5-6-8-11-14-17(22)19(20(24)25)18(23)15-12-9-7-10-13-16-21/h17,19,21-22H,2-16H2,1H3,(H,24,25). The Hall–Kier alpha value is -0.940. The highest BCUT2D eigenvalue weighted by molar-refractivity contribution is 5.98. The average Bonchev–Trinajstić information content (AvgIpc) is 2.57. The van der Waals surface area contributed by atoms with Gasteiger partial charge in [-0.25, -0.2) is 0 Å². The van der Waals surface area contributed by atoms with Crippen molar-refractivity contribution in [3.05, 3.63) is 0 Å². The summed E-state index contributed by atoms with van der Waals surface area (Å²) in [4.78, 5) is 23.5. The van der Waals surface area contributed by atoms with Crippen LogP contribution >= 0.6 is 0 Å². The normalized spacial score (nSPS) is 13.6. The van der Waals surface area contributed by atoms with Crippen LogP contribution in [0.5, 0.6) is 0 Å². The summed E-state index contributed by atoms with van der Waals surface area (Å²) in [5.74, 6) is -2.84. The van der Waals surface area contributed by atoms with Crippen LogP contribution in [0.15, 0.2) is 0 Å². The van der Waals surface area contributed by atoms with Crippen molar-refractivity contribution in [3.8, 4) is 0 Å². The van der Waals surface area contributed by atoms with Crippen LogP contribution in [0.25, 0.3) is 0 Å². The molecule has 0 fully saturated rings. The molecule has 25 heavy (non-hydrogen) atoms. The number of carboxylic acids is 1. The fourth-order valence-corrected chi connectivity index (χ4v) is 3.09. The van der Waals surface area contributed by atoms with Gasteiger partial charge in [-0.1, -0.05) is 71.1 Å². The maximum atomic E-state index is 12.1. The van der Waals surface area contributed by atoms with Crippen molar-refractivity contribution in [1.82, 2.24) is 0 Å². The Morgan fingerprint density at radius 3 is 1.88 bits per heavy atom. The predicted molar refractivity (Wildman–Crippen MR) is 99.5 cm³/mol. The summed E-state index contributed by atoms with van der Waals surface area (Å²) in [5, 5.41) is 28.1. The summed E-state index contributed by atoms with van der Waals surface area (Å²) in [7, 11) is 0. The number of aliphatic carboxylic acids is 1. The Morgan fingerprint density at radius 2 is 1.32 bits per heavy atom. The first kappa shape index (κ1) is 24.1. The highest BCUT2D eigenvalue weighted by atomic mass is 16.4. The van der Waals surface area contributed by atoms with Gasteiger partial charge in [-0.3, -0.25) is 9.59 Å². The zero-order valence-electron chi connectivity index (χ0n) is 15.9. The van der Waals surface area contributed by atoms with Crippen LogP contribution in [0.2, 0.25) is 0 Å². The molecule has 0 saturated carbocycles. The van der Waals surface area contributed by atoms with E-state index in [9.17, 15) is 19.8 Å². The third-order valence-corrected chi connectivity index (χ3v) is 4.68. The minimum Gasteiger partial charge on any atom is -0.481 e. The predicted octanol–water partition coefficient (Wildman–Crippen LogP) is 4.09. The number of ketones is 1. The molecule has 5 nitrogen and oxygen atoms in total. The molecule has 0 aromatic rings. The van der Waals surface area contributed by atoms with E-state index in [1.165, 1.54) is 25.7 Å². The lowest BCUT2D eigenvalue weighted by molar-refractivity contribution is -0.151. The van der Waals surface area contributed by atoms with Gasteiger partial charge in [-0.15, -0.1) is 0 Å². The molecule has 3 N–H and O–H groups in total. The van der Waals surface area contributed by atoms with Gasteiger partial charge in [0.05, 0.1) is 6.10 Å². The van der Waals surface area contributed by atoms with Crippen LogP contribution in [-0.4, -0.2) is 39.8 Å². The minimum atomic E-state index is -1.28. The van der Waals surface area contributed by atoms with Crippen LogP contribution in [0.1, 0.15) is 96.8 Å². The molecule has 0 aliphatic rings. The summed E-state index contributed by atoms with van der Waals surface area (Å²) in [6, 6.07) is 0. The van der Waals surface area contributed by atoms with Crippen molar-refractivity contribution >= 4 is 11.8 Å². The Bertz CT molecular complexity index is 343. The molecule has 0 aliphatic heterocycles. The van der Waals surface area contributed by atoms with Gasteiger partial charge in [-0.2, -0.15) is 0 Å². The third-order valence-electron chi connectivity index (χ3n) is 4.68. The van der Waals surface area contributed by atoms with Gasteiger partial charge in [-0.05, 0) is 19.3 Å². The second kappa shape index (κ2) is 16.5. The van der Waals surface area contributed by atoms with Gasteiger partial charge < -0.3 is 15.3 Å². The Balaban J connectivity index is 3.99. The third kappa shape index (κ3) is 13.0. The Kier molecular flexibility index (Phi) is 15.9. The first-order valence-electron chi connectivity index (χ1n) is 10.1. The SMILES string of the molecule is CCCCCCCCCC(O)C(C(=O)O)C(=O)CCCCCCCO. The molecule has 0 aliphatic carbocycles. The lowest BCUT2D eigenvalue weighted by Gasteiger charge is -2.18. The highest BCUT2D eigenvalue weighted by Crippen LogP contribution is 2.18. The fraction of sp³-hybridized carbons (Fsp3) is 0.900. The number of carboxylic acid groups (broad SMARTS) is 1. The van der Waals surface area contributed by atoms with Gasteiger partial charge >= 0.3 is 5.97 Å². The molecule has 5 heteroatoms. The molecule has 2 atom stereocenters. The largest absolute Gasteiger partial charge is 0.481 e. The number of hydrogen-bond donors (Lipinski definition) is 3. The van der Waals surface area contributed by atoms with Crippen molar-refractivity contribution in [2.75, 3.05) is 6.61 Å². The summed E-state index contributed by atoms with van der Waals surface area (Å²) in [5.41, 5.74) is 0. The smallest absolute Gasteiger partial charge is 0.316 e. The number of carbonyl (C=O) groups is 2. The van der Waals surface area contributed by atoms with E-state index >= 15 is 0 Å². The number of unbranched alkanes of at least 4 members (excludes halogenated alkanes) is 10. The molecular weight excluding hydrogens is 320 g/mol. The van der Waals surface area contributed by atoms with E-state index < -0.39 is 18.0 Å². The van der Waals surface area contributed by atoms with Gasteiger partial charge in [0.1, 0.15) is 11.7 Å². The number of aliphatic hydroxyl groups is 2. The van der Waals surface area contributed by atoms with Gasteiger partial charge in [0.2, 0.25) is 0 Å². The minimum absolute atomic E-state index is 0.185. The van der Waals surface area contributed by atoms with Gasteiger partial charge in [0.15, 0.2) is 0 Å². The van der Waals surface area contributed by atoms with E-state index in [2.05, 4.69) is 6.92 Å². The van der Waals surface area contributed by atoms with Crippen LogP contribution < -0.4 is 0 Å². The molecule has 0 amide bonds. The van der Waals surface area contributed by atoms with Crippen LogP contribution in [-0.2, 0) is 9.59 Å². The fourth-order valence-electron chi connectivity index (χ4n) is 3.09. The van der Waals surface area contributed by atoms with Crippen molar-refractivity contribution in [3.63, 3.8) is 0 Å². The summed E-state index contributed by atoms with van der Waals surface area (Å²) >= 11 is 0. The summed E-state index contributed by atoms with van der Waals surface area (Å²) in [6.07, 6.45) is 11.4. The van der Waals surface area contributed by atoms with Crippen molar-refractivity contribution < 1.29 is 24.9 Å². The van der Waals surface area contributed by atoms with Crippen molar-refractivity contribution in [1.29, 1.82) is 0 Å². The lowest BCUT2D eigenvalue weighted by Crippen LogP contribution is -2.35. The zero-order chi connectivity index (χ0) is 18.9. The lowest BCUT2D eigenvalue weighted by atomic mass is 9.90. The number of rotatable bonds is 18. The summed E-state index contributed by atoms with van der Waals surface area (Å²) in [6.45, 7) is 2.36. The van der Waals surface area contributed by atoms with Crippen molar-refractivity contribution in [2.45, 2.75) is 103 Å². The van der Waals surface area contributed by atoms with Crippen LogP contribution in [0, 0.1) is 5.92 Å². The molecule has 0 spiro atoms. The number of Topliss-reactive ketones (excluding diaryl/α,β-unsaturated/α-hetero) is 1. The topological polar surface area (TPSA) is 94.8 Å². The maximum absolute atomic E-state index is 12.1. The first-order valence-corrected chi connectivity index (χ1v) is 10.1. The highest BCUT2D eigenvalue weighted by Gasteiger charge is 2.32. The van der Waals surface area contributed by atoms with Crippen molar-refractivity contribution in [2.24, 2.45) is 5.92 Å². The van der Waals surface area contributed by atoms with E-state index in [1.807, 2.05) is 0 Å². The monoisotopic (exact) mass is 358 g/mol. The van der Waals surface area contributed by atoms with E-state index in [4.69, 9.17) is 5.11 Å². The maximum Gasteiger partial charge on any atom is 0.316 e. The van der Waals surface area contributed by atoms with Gasteiger partial charge in [0, 0.05) is 13.0 Å². The second-order valence-corrected chi connectivity index (χ2v) is 7.00. The molecule has 0 aromatic carbocycles. The molecule has 148 valence electrons.